The van der Waals surface area contributed by atoms with Crippen molar-refractivity contribution in [1.29, 1.82) is 0 Å². The summed E-state index contributed by atoms with van der Waals surface area (Å²) in [5.41, 5.74) is 0.701. The molecule has 0 radical (unpaired) electrons. The van der Waals surface area contributed by atoms with Crippen molar-refractivity contribution < 1.29 is 21.6 Å². The average Bonchev–Trinajstić information content (AvgIpc) is 2.51. The highest BCUT2D eigenvalue weighted by molar-refractivity contribution is 7.89. The van der Waals surface area contributed by atoms with Gasteiger partial charge in [0.15, 0.2) is 0 Å². The first-order valence-electron chi connectivity index (χ1n) is 7.86. The maximum Gasteiger partial charge on any atom is 0.417 e. The fourth-order valence-corrected chi connectivity index (χ4v) is 3.28. The number of primary sulfonamides is 1. The number of hydrogen-bond acceptors (Lipinski definition) is 3. The van der Waals surface area contributed by atoms with E-state index in [2.05, 4.69) is 5.32 Å². The second-order valence-electron chi connectivity index (χ2n) is 6.86. The van der Waals surface area contributed by atoms with Crippen LogP contribution in [0.1, 0.15) is 30.5 Å². The minimum absolute atomic E-state index is 0.171. The van der Waals surface area contributed by atoms with Crippen LogP contribution in [0.25, 0.3) is 0 Å². The number of benzene rings is 2. The van der Waals surface area contributed by atoms with E-state index in [-0.39, 0.29) is 11.1 Å². The molecule has 0 aliphatic heterocycles. The predicted molar refractivity (Wildman–Crippen MR) is 95.5 cm³/mol. The van der Waals surface area contributed by atoms with Crippen LogP contribution in [0.4, 0.5) is 18.9 Å². The van der Waals surface area contributed by atoms with Gasteiger partial charge >= 0.3 is 6.18 Å². The Bertz CT molecular complexity index is 890. The molecule has 0 atom stereocenters. The van der Waals surface area contributed by atoms with Crippen molar-refractivity contribution in [2.75, 3.05) is 11.9 Å². The lowest BCUT2D eigenvalue weighted by atomic mass is 9.84. The smallest absolute Gasteiger partial charge is 0.384 e. The number of anilines is 1. The Morgan fingerprint density at radius 2 is 1.62 bits per heavy atom. The highest BCUT2D eigenvalue weighted by Crippen LogP contribution is 2.36. The number of alkyl halides is 3. The molecule has 0 fully saturated rings. The van der Waals surface area contributed by atoms with Crippen molar-refractivity contribution in [3.05, 3.63) is 59.2 Å². The maximum atomic E-state index is 13.2. The number of halogens is 3. The number of hydrogen-bond donors (Lipinski definition) is 2. The summed E-state index contributed by atoms with van der Waals surface area (Å²) in [6.45, 7) is 6.27. The molecule has 4 nitrogen and oxygen atoms in total. The summed E-state index contributed by atoms with van der Waals surface area (Å²) in [5, 5.41) is 7.84. The zero-order valence-corrected chi connectivity index (χ0v) is 15.5. The summed E-state index contributed by atoms with van der Waals surface area (Å²) in [5.74, 6) is 0. The molecule has 0 unspecified atom stereocenters. The number of sulfonamides is 1. The fourth-order valence-electron chi connectivity index (χ4n) is 2.54. The monoisotopic (exact) mass is 386 g/mol. The lowest BCUT2D eigenvalue weighted by Gasteiger charge is -2.27. The van der Waals surface area contributed by atoms with Gasteiger partial charge < -0.3 is 5.32 Å². The summed E-state index contributed by atoms with van der Waals surface area (Å²) in [4.78, 5) is -0.937. The average molecular weight is 386 g/mol. The van der Waals surface area contributed by atoms with E-state index in [0.717, 1.165) is 23.3 Å². The Kier molecular flexibility index (Phi) is 5.39. The zero-order valence-electron chi connectivity index (χ0n) is 14.7. The third-order valence-corrected chi connectivity index (χ3v) is 5.13. The van der Waals surface area contributed by atoms with Crippen LogP contribution in [0.2, 0.25) is 0 Å². The second kappa shape index (κ2) is 6.92. The lowest BCUT2D eigenvalue weighted by molar-refractivity contribution is -0.139. The van der Waals surface area contributed by atoms with Crippen molar-refractivity contribution in [1.82, 2.24) is 0 Å². The fraction of sp³-hybridized carbons (Fsp3) is 0.333. The van der Waals surface area contributed by atoms with Crippen LogP contribution in [0.15, 0.2) is 47.4 Å². The molecule has 142 valence electrons. The van der Waals surface area contributed by atoms with Crippen LogP contribution in [-0.4, -0.2) is 15.0 Å². The van der Waals surface area contributed by atoms with Crippen LogP contribution >= 0.6 is 0 Å². The number of aryl methyl sites for hydroxylation is 1. The van der Waals surface area contributed by atoms with E-state index in [1.807, 2.05) is 45.0 Å². The molecule has 8 heteroatoms. The normalized spacial score (nSPS) is 12.9. The Hall–Kier alpha value is -2.06. The van der Waals surface area contributed by atoms with Gasteiger partial charge in [-0.05, 0) is 30.7 Å². The molecule has 0 amide bonds. The van der Waals surface area contributed by atoms with Crippen molar-refractivity contribution >= 4 is 15.7 Å². The van der Waals surface area contributed by atoms with Gasteiger partial charge in [-0.2, -0.15) is 13.2 Å². The predicted octanol–water partition coefficient (Wildman–Crippen LogP) is 4.05. The van der Waals surface area contributed by atoms with Crippen molar-refractivity contribution in [3.63, 3.8) is 0 Å². The van der Waals surface area contributed by atoms with Crippen LogP contribution in [0.5, 0.6) is 0 Å². The Morgan fingerprint density at radius 3 is 2.12 bits per heavy atom. The topological polar surface area (TPSA) is 72.2 Å². The van der Waals surface area contributed by atoms with Gasteiger partial charge in [-0.3, -0.25) is 0 Å². The Labute approximate surface area is 151 Å². The largest absolute Gasteiger partial charge is 0.417 e. The summed E-state index contributed by atoms with van der Waals surface area (Å²) in [7, 11) is -4.47. The summed E-state index contributed by atoms with van der Waals surface area (Å²) in [6, 6.07) is 10.8. The molecule has 0 bridgehead atoms. The van der Waals surface area contributed by atoms with E-state index in [1.165, 1.54) is 6.07 Å². The Morgan fingerprint density at radius 1 is 1.04 bits per heavy atom. The third kappa shape index (κ3) is 4.76. The third-order valence-electron chi connectivity index (χ3n) is 4.16. The zero-order chi connectivity index (χ0) is 19.8. The molecule has 2 rings (SSSR count). The molecule has 0 saturated heterocycles. The summed E-state index contributed by atoms with van der Waals surface area (Å²) < 4.78 is 62.4. The van der Waals surface area contributed by atoms with E-state index in [0.29, 0.717) is 6.54 Å². The van der Waals surface area contributed by atoms with Gasteiger partial charge in [-0.25, -0.2) is 13.6 Å². The van der Waals surface area contributed by atoms with Crippen LogP contribution in [0.3, 0.4) is 0 Å². The standard InChI is InChI=1S/C18H21F3N2O2S/c1-12-4-6-13(7-5-12)17(2,3)11-23-14-8-9-16(26(22,24)25)15(10-14)18(19,20)21/h4-10,23H,11H2,1-3H3,(H2,22,24,25). The first-order chi connectivity index (χ1) is 11.8. The Balaban J connectivity index is 2.29. The highest BCUT2D eigenvalue weighted by atomic mass is 32.2. The van der Waals surface area contributed by atoms with Gasteiger partial charge in [-0.1, -0.05) is 43.7 Å². The number of nitrogens with one attached hydrogen (secondary N) is 1. The van der Waals surface area contributed by atoms with Gasteiger partial charge in [0.05, 0.1) is 10.5 Å². The highest BCUT2D eigenvalue weighted by Gasteiger charge is 2.36. The molecule has 0 spiro atoms. The maximum absolute atomic E-state index is 13.2. The van der Waals surface area contributed by atoms with Crippen molar-refractivity contribution in [3.8, 4) is 0 Å². The molecule has 0 aliphatic rings. The molecule has 0 saturated carbocycles. The molecule has 26 heavy (non-hydrogen) atoms. The van der Waals surface area contributed by atoms with Gasteiger partial charge in [0.2, 0.25) is 10.0 Å². The summed E-state index contributed by atoms with van der Waals surface area (Å²) >= 11 is 0. The van der Waals surface area contributed by atoms with Gasteiger partial charge in [0.25, 0.3) is 0 Å². The first-order valence-corrected chi connectivity index (χ1v) is 9.40. The minimum Gasteiger partial charge on any atom is -0.384 e. The SMILES string of the molecule is Cc1ccc(C(C)(C)CNc2ccc(S(N)(=O)=O)c(C(F)(F)F)c2)cc1. The molecule has 3 N–H and O–H groups in total. The molecule has 0 aromatic heterocycles. The van der Waals surface area contributed by atoms with Gasteiger partial charge in [0.1, 0.15) is 0 Å². The summed E-state index contributed by atoms with van der Waals surface area (Å²) in [6.07, 6.45) is -4.83. The van der Waals surface area contributed by atoms with E-state index in [1.54, 1.807) is 0 Å². The quantitative estimate of drug-likeness (QED) is 0.814. The molecular formula is C18H21F3N2O2S. The van der Waals surface area contributed by atoms with Crippen molar-refractivity contribution in [2.45, 2.75) is 37.3 Å². The number of nitrogens with two attached hydrogens (primary N) is 1. The molecular weight excluding hydrogens is 365 g/mol. The second-order valence-corrected chi connectivity index (χ2v) is 8.39. The molecule has 0 heterocycles. The number of rotatable bonds is 5. The van der Waals surface area contributed by atoms with Crippen molar-refractivity contribution in [2.24, 2.45) is 5.14 Å². The molecule has 2 aromatic carbocycles. The lowest BCUT2D eigenvalue weighted by Crippen LogP contribution is -2.28. The first kappa shape index (κ1) is 20.3. The molecule has 0 aliphatic carbocycles. The van der Waals surface area contributed by atoms with Crippen LogP contribution in [-0.2, 0) is 21.6 Å². The van der Waals surface area contributed by atoms with E-state index in [4.69, 9.17) is 5.14 Å². The van der Waals surface area contributed by atoms with Gasteiger partial charge in [0, 0.05) is 17.6 Å². The van der Waals surface area contributed by atoms with E-state index >= 15 is 0 Å². The van der Waals surface area contributed by atoms with Gasteiger partial charge in [-0.15, -0.1) is 0 Å². The molecule has 2 aromatic rings. The van der Waals surface area contributed by atoms with Crippen LogP contribution in [0, 0.1) is 6.92 Å². The van der Waals surface area contributed by atoms with Crippen LogP contribution < -0.4 is 10.5 Å². The van der Waals surface area contributed by atoms with E-state index < -0.39 is 26.7 Å². The minimum atomic E-state index is -4.83. The van der Waals surface area contributed by atoms with E-state index in [9.17, 15) is 21.6 Å².